The smallest absolute Gasteiger partial charge is 0.314 e. The van der Waals surface area contributed by atoms with Crippen LogP contribution >= 0.6 is 0 Å². The van der Waals surface area contributed by atoms with Crippen LogP contribution in [0.25, 0.3) is 0 Å². The van der Waals surface area contributed by atoms with Crippen molar-refractivity contribution in [3.05, 3.63) is 66.0 Å². The molecule has 1 unspecified atom stereocenters. The van der Waals surface area contributed by atoms with Gasteiger partial charge in [-0.05, 0) is 29.8 Å². The first-order chi connectivity index (χ1) is 13.6. The van der Waals surface area contributed by atoms with Gasteiger partial charge in [-0.25, -0.2) is 9.18 Å². The van der Waals surface area contributed by atoms with E-state index in [1.807, 2.05) is 30.3 Å². The Morgan fingerprint density at radius 1 is 1.11 bits per heavy atom. The van der Waals surface area contributed by atoms with E-state index in [1.165, 1.54) is 12.1 Å². The number of carbonyl (C=O) groups excluding carboxylic acids is 2. The fraction of sp³-hybridized carbons (Fsp3) is 0.333. The molecule has 0 saturated carbocycles. The van der Waals surface area contributed by atoms with Crippen LogP contribution in [0.15, 0.2) is 54.6 Å². The molecule has 0 aromatic heterocycles. The molecule has 1 aliphatic heterocycles. The van der Waals surface area contributed by atoms with Crippen LogP contribution in [0.5, 0.6) is 5.75 Å². The van der Waals surface area contributed by atoms with Crippen molar-refractivity contribution >= 4 is 11.9 Å². The Bertz CT molecular complexity index is 783. The molecule has 0 radical (unpaired) electrons. The van der Waals surface area contributed by atoms with E-state index in [0.717, 1.165) is 11.3 Å². The van der Waals surface area contributed by atoms with Gasteiger partial charge in [0.1, 0.15) is 18.2 Å². The van der Waals surface area contributed by atoms with Gasteiger partial charge in [0.25, 0.3) is 0 Å². The number of halogens is 1. The van der Waals surface area contributed by atoms with E-state index in [1.54, 1.807) is 17.0 Å². The molecule has 1 atom stereocenters. The second-order valence-electron chi connectivity index (χ2n) is 6.77. The summed E-state index contributed by atoms with van der Waals surface area (Å²) in [6.07, 6.45) is 0.401. The van der Waals surface area contributed by atoms with Crippen LogP contribution in [-0.4, -0.2) is 43.1 Å². The van der Waals surface area contributed by atoms with Crippen molar-refractivity contribution in [1.82, 2.24) is 15.5 Å². The molecule has 2 aromatic rings. The summed E-state index contributed by atoms with van der Waals surface area (Å²) in [5.74, 6) is 0.584. The van der Waals surface area contributed by atoms with Crippen LogP contribution in [0, 0.1) is 11.7 Å². The highest BCUT2D eigenvalue weighted by Crippen LogP contribution is 2.19. The average Bonchev–Trinajstić information content (AvgIpc) is 3.05. The number of amides is 3. The summed E-state index contributed by atoms with van der Waals surface area (Å²) in [4.78, 5) is 25.8. The molecule has 1 aliphatic rings. The Morgan fingerprint density at radius 3 is 2.61 bits per heavy atom. The summed E-state index contributed by atoms with van der Waals surface area (Å²) in [5.41, 5.74) is 0.888. The van der Waals surface area contributed by atoms with E-state index in [-0.39, 0.29) is 23.7 Å². The van der Waals surface area contributed by atoms with E-state index in [0.29, 0.717) is 39.2 Å². The van der Waals surface area contributed by atoms with Gasteiger partial charge in [0.15, 0.2) is 0 Å². The summed E-state index contributed by atoms with van der Waals surface area (Å²) in [5, 5.41) is 5.54. The largest absolute Gasteiger partial charge is 0.492 e. The predicted octanol–water partition coefficient (Wildman–Crippen LogP) is 2.55. The van der Waals surface area contributed by atoms with E-state index in [2.05, 4.69) is 10.6 Å². The highest BCUT2D eigenvalue weighted by Gasteiger charge is 2.29. The second-order valence-corrected chi connectivity index (χ2v) is 6.77. The minimum Gasteiger partial charge on any atom is -0.492 e. The minimum absolute atomic E-state index is 0.0489. The van der Waals surface area contributed by atoms with Gasteiger partial charge in [-0.2, -0.15) is 0 Å². The summed E-state index contributed by atoms with van der Waals surface area (Å²) < 4.78 is 18.5. The lowest BCUT2D eigenvalue weighted by molar-refractivity contribution is -0.128. The number of benzene rings is 2. The van der Waals surface area contributed by atoms with Crippen LogP contribution < -0.4 is 15.4 Å². The minimum atomic E-state index is -0.293. The van der Waals surface area contributed by atoms with Crippen molar-refractivity contribution in [2.75, 3.05) is 26.2 Å². The molecule has 1 fully saturated rings. The molecule has 7 heteroatoms. The number of carbonyl (C=O) groups is 2. The van der Waals surface area contributed by atoms with Gasteiger partial charge >= 0.3 is 6.03 Å². The number of ether oxygens (including phenoxy) is 1. The molecule has 0 aliphatic carbocycles. The Labute approximate surface area is 163 Å². The fourth-order valence-electron chi connectivity index (χ4n) is 3.10. The molecule has 6 nitrogen and oxygen atoms in total. The maximum atomic E-state index is 13.0. The molecule has 0 bridgehead atoms. The molecule has 0 spiro atoms. The maximum absolute atomic E-state index is 13.0. The molecule has 1 saturated heterocycles. The lowest BCUT2D eigenvalue weighted by Gasteiger charge is -2.17. The fourth-order valence-corrected chi connectivity index (χ4v) is 3.10. The van der Waals surface area contributed by atoms with Gasteiger partial charge in [0.05, 0.1) is 6.54 Å². The molecule has 148 valence electrons. The third-order valence-electron chi connectivity index (χ3n) is 4.53. The van der Waals surface area contributed by atoms with E-state index in [9.17, 15) is 14.0 Å². The molecule has 2 N–H and O–H groups in total. The van der Waals surface area contributed by atoms with Gasteiger partial charge in [-0.1, -0.05) is 30.3 Å². The zero-order chi connectivity index (χ0) is 19.8. The third-order valence-corrected chi connectivity index (χ3v) is 4.53. The van der Waals surface area contributed by atoms with Gasteiger partial charge in [0, 0.05) is 32.0 Å². The van der Waals surface area contributed by atoms with Gasteiger partial charge < -0.3 is 20.3 Å². The molecular weight excluding hydrogens is 361 g/mol. The van der Waals surface area contributed by atoms with E-state index < -0.39 is 0 Å². The summed E-state index contributed by atoms with van der Waals surface area (Å²) in [6.45, 7) is 2.23. The van der Waals surface area contributed by atoms with Crippen molar-refractivity contribution in [2.45, 2.75) is 13.0 Å². The monoisotopic (exact) mass is 385 g/mol. The van der Waals surface area contributed by atoms with Crippen LogP contribution in [0.3, 0.4) is 0 Å². The third kappa shape index (κ3) is 5.97. The van der Waals surface area contributed by atoms with Crippen LogP contribution in [0.1, 0.15) is 12.0 Å². The number of nitrogens with one attached hydrogen (secondary N) is 2. The number of rotatable bonds is 8. The number of hydrogen-bond donors (Lipinski definition) is 2. The predicted molar refractivity (Wildman–Crippen MR) is 103 cm³/mol. The van der Waals surface area contributed by atoms with Crippen LogP contribution in [0.2, 0.25) is 0 Å². The maximum Gasteiger partial charge on any atom is 0.314 e. The zero-order valence-corrected chi connectivity index (χ0v) is 15.6. The van der Waals surface area contributed by atoms with Gasteiger partial charge in [0.2, 0.25) is 5.91 Å². The normalized spacial score (nSPS) is 16.1. The molecule has 2 aromatic carbocycles. The molecule has 1 heterocycles. The molecule has 3 amide bonds. The second kappa shape index (κ2) is 9.73. The highest BCUT2D eigenvalue weighted by molar-refractivity contribution is 5.79. The first-order valence-electron chi connectivity index (χ1n) is 9.32. The van der Waals surface area contributed by atoms with Crippen LogP contribution in [-0.2, 0) is 11.3 Å². The molecule has 28 heavy (non-hydrogen) atoms. The number of urea groups is 1. The number of para-hydroxylation sites is 1. The van der Waals surface area contributed by atoms with Crippen molar-refractivity contribution in [3.8, 4) is 5.75 Å². The summed E-state index contributed by atoms with van der Waals surface area (Å²) >= 11 is 0. The van der Waals surface area contributed by atoms with Crippen LogP contribution in [0.4, 0.5) is 9.18 Å². The van der Waals surface area contributed by atoms with Gasteiger partial charge in [-0.3, -0.25) is 4.79 Å². The first kappa shape index (κ1) is 19.7. The standard InChI is InChI=1S/C21H24FN3O3/c22-18-8-6-16(7-9-18)14-25-15-17(12-20(25)26)13-24-21(27)23-10-11-28-19-4-2-1-3-5-19/h1-9,17H,10-15H2,(H2,23,24,27). The van der Waals surface area contributed by atoms with E-state index in [4.69, 9.17) is 4.74 Å². The Balaban J connectivity index is 1.32. The van der Waals surface area contributed by atoms with Crippen molar-refractivity contribution in [2.24, 2.45) is 5.92 Å². The number of nitrogens with zero attached hydrogens (tertiary/aromatic N) is 1. The highest BCUT2D eigenvalue weighted by atomic mass is 19.1. The van der Waals surface area contributed by atoms with Crippen molar-refractivity contribution < 1.29 is 18.7 Å². The average molecular weight is 385 g/mol. The Hall–Kier alpha value is -3.09. The van der Waals surface area contributed by atoms with E-state index >= 15 is 0 Å². The number of likely N-dealkylation sites (tertiary alicyclic amines) is 1. The lowest BCUT2D eigenvalue weighted by atomic mass is 10.1. The first-order valence-corrected chi connectivity index (χ1v) is 9.32. The lowest BCUT2D eigenvalue weighted by Crippen LogP contribution is -2.40. The van der Waals surface area contributed by atoms with Gasteiger partial charge in [-0.15, -0.1) is 0 Å². The SMILES string of the molecule is O=C(NCCOc1ccccc1)NCC1CC(=O)N(Cc2ccc(F)cc2)C1. The summed E-state index contributed by atoms with van der Waals surface area (Å²) in [7, 11) is 0. The molecular formula is C21H24FN3O3. The topological polar surface area (TPSA) is 70.7 Å². The Morgan fingerprint density at radius 2 is 1.86 bits per heavy atom. The van der Waals surface area contributed by atoms with Crippen molar-refractivity contribution in [1.29, 1.82) is 0 Å². The zero-order valence-electron chi connectivity index (χ0n) is 15.6. The Kier molecular flexibility index (Phi) is 6.84. The number of hydrogen-bond acceptors (Lipinski definition) is 3. The quantitative estimate of drug-likeness (QED) is 0.686. The molecule has 3 rings (SSSR count). The van der Waals surface area contributed by atoms with Crippen molar-refractivity contribution in [3.63, 3.8) is 0 Å². The summed E-state index contributed by atoms with van der Waals surface area (Å²) in [6, 6.07) is 15.3.